The number of carbonyl (C=O) groups is 2. The third kappa shape index (κ3) is 5.20. The Hall–Kier alpha value is -3.73. The highest BCUT2D eigenvalue weighted by Gasteiger charge is 2.22. The lowest BCUT2D eigenvalue weighted by molar-refractivity contribution is -0.387. The van der Waals surface area contributed by atoms with Gasteiger partial charge < -0.3 is 15.2 Å². The predicted octanol–water partition coefficient (Wildman–Crippen LogP) is 3.80. The van der Waals surface area contributed by atoms with E-state index in [0.29, 0.717) is 21.3 Å². The van der Waals surface area contributed by atoms with Gasteiger partial charge in [-0.3, -0.25) is 19.7 Å². The number of anilines is 1. The van der Waals surface area contributed by atoms with Gasteiger partial charge in [-0.15, -0.1) is 10.2 Å². The third-order valence-electron chi connectivity index (χ3n) is 5.40. The predicted molar refractivity (Wildman–Crippen MR) is 122 cm³/mol. The van der Waals surface area contributed by atoms with E-state index >= 15 is 0 Å². The Bertz CT molecular complexity index is 1210. The molecule has 0 saturated heterocycles. The molecular formula is C22H22N6O4S. The minimum atomic E-state index is -0.547. The van der Waals surface area contributed by atoms with E-state index in [2.05, 4.69) is 20.8 Å². The van der Waals surface area contributed by atoms with Crippen LogP contribution < -0.4 is 10.6 Å². The van der Waals surface area contributed by atoms with E-state index in [1.807, 2.05) is 0 Å². The molecule has 170 valence electrons. The van der Waals surface area contributed by atoms with Gasteiger partial charge in [-0.25, -0.2) is 0 Å². The van der Waals surface area contributed by atoms with Crippen LogP contribution >= 0.6 is 11.8 Å². The zero-order valence-corrected chi connectivity index (χ0v) is 18.7. The number of carbonyl (C=O) groups excluding carboxylic acids is 2. The molecule has 2 N–H and O–H groups in total. The fraction of sp³-hybridized carbons (Fsp3) is 0.273. The molecule has 0 unspecified atom stereocenters. The van der Waals surface area contributed by atoms with Crippen LogP contribution in [-0.4, -0.2) is 37.5 Å². The first kappa shape index (κ1) is 22.5. The molecule has 2 amide bonds. The Labute approximate surface area is 193 Å². The number of hydrogen-bond donors (Lipinski definition) is 2. The summed E-state index contributed by atoms with van der Waals surface area (Å²) in [6.07, 6.45) is 5.57. The molecule has 0 bridgehead atoms. The van der Waals surface area contributed by atoms with Gasteiger partial charge >= 0.3 is 0 Å². The fourth-order valence-corrected chi connectivity index (χ4v) is 4.52. The van der Waals surface area contributed by atoms with Crippen LogP contribution in [0.5, 0.6) is 0 Å². The summed E-state index contributed by atoms with van der Waals surface area (Å²) in [5.41, 5.74) is 0.581. The van der Waals surface area contributed by atoms with Crippen molar-refractivity contribution in [3.05, 3.63) is 70.0 Å². The number of aryl methyl sites for hydroxylation is 1. The number of nitro benzene ring substituents is 1. The first-order chi connectivity index (χ1) is 15.9. The molecule has 1 saturated carbocycles. The van der Waals surface area contributed by atoms with Gasteiger partial charge in [0.2, 0.25) is 0 Å². The minimum absolute atomic E-state index is 0.106. The average Bonchev–Trinajstić information content (AvgIpc) is 3.46. The Morgan fingerprint density at radius 3 is 2.61 bits per heavy atom. The highest BCUT2D eigenvalue weighted by atomic mass is 32.2. The highest BCUT2D eigenvalue weighted by molar-refractivity contribution is 7.99. The summed E-state index contributed by atoms with van der Waals surface area (Å²) in [4.78, 5) is 37.1. The number of nitrogens with one attached hydrogen (secondary N) is 2. The molecule has 0 atom stereocenters. The smallest absolute Gasteiger partial charge is 0.284 e. The minimum Gasteiger partial charge on any atom is -0.349 e. The zero-order chi connectivity index (χ0) is 23.4. The van der Waals surface area contributed by atoms with E-state index in [4.69, 9.17) is 0 Å². The zero-order valence-electron chi connectivity index (χ0n) is 17.9. The first-order valence-corrected chi connectivity index (χ1v) is 11.3. The van der Waals surface area contributed by atoms with Crippen LogP contribution in [0.2, 0.25) is 0 Å². The van der Waals surface area contributed by atoms with Gasteiger partial charge in [0.15, 0.2) is 5.16 Å². The van der Waals surface area contributed by atoms with E-state index in [0.717, 1.165) is 37.4 Å². The van der Waals surface area contributed by atoms with Crippen molar-refractivity contribution in [2.75, 3.05) is 5.32 Å². The molecule has 1 aromatic heterocycles. The Balaban J connectivity index is 1.54. The number of amides is 2. The van der Waals surface area contributed by atoms with Crippen molar-refractivity contribution in [1.29, 1.82) is 0 Å². The van der Waals surface area contributed by atoms with Crippen molar-refractivity contribution in [3.63, 3.8) is 0 Å². The van der Waals surface area contributed by atoms with Gasteiger partial charge in [-0.05, 0) is 48.9 Å². The molecule has 0 spiro atoms. The second kappa shape index (κ2) is 9.82. The number of benzene rings is 2. The van der Waals surface area contributed by atoms with Crippen LogP contribution in [-0.2, 0) is 7.05 Å². The lowest BCUT2D eigenvalue weighted by atomic mass is 10.1. The molecule has 10 nitrogen and oxygen atoms in total. The lowest BCUT2D eigenvalue weighted by Crippen LogP contribution is -2.33. The van der Waals surface area contributed by atoms with Gasteiger partial charge in [-0.2, -0.15) is 0 Å². The monoisotopic (exact) mass is 466 g/mol. The maximum absolute atomic E-state index is 12.9. The number of hydrogen-bond acceptors (Lipinski definition) is 7. The van der Waals surface area contributed by atoms with Gasteiger partial charge in [0.25, 0.3) is 17.5 Å². The highest BCUT2D eigenvalue weighted by Crippen LogP contribution is 2.34. The van der Waals surface area contributed by atoms with Crippen molar-refractivity contribution < 1.29 is 14.5 Å². The quantitative estimate of drug-likeness (QED) is 0.400. The summed E-state index contributed by atoms with van der Waals surface area (Å²) >= 11 is 1.08. The molecule has 3 aromatic rings. The summed E-state index contributed by atoms with van der Waals surface area (Å²) in [5, 5.41) is 25.5. The van der Waals surface area contributed by atoms with Crippen LogP contribution in [0.4, 0.5) is 11.4 Å². The largest absolute Gasteiger partial charge is 0.349 e. The summed E-state index contributed by atoms with van der Waals surface area (Å²) in [7, 11) is 1.73. The van der Waals surface area contributed by atoms with E-state index in [9.17, 15) is 19.7 Å². The number of nitro groups is 1. The first-order valence-electron chi connectivity index (χ1n) is 10.4. The second-order valence-corrected chi connectivity index (χ2v) is 8.73. The molecular weight excluding hydrogens is 444 g/mol. The molecule has 1 aliphatic carbocycles. The number of para-hydroxylation sites is 1. The maximum Gasteiger partial charge on any atom is 0.284 e. The summed E-state index contributed by atoms with van der Waals surface area (Å²) in [6, 6.07) is 11.1. The topological polar surface area (TPSA) is 132 Å². The van der Waals surface area contributed by atoms with Crippen LogP contribution in [0.3, 0.4) is 0 Å². The molecule has 1 aliphatic rings. The summed E-state index contributed by atoms with van der Waals surface area (Å²) in [6.45, 7) is 0. The van der Waals surface area contributed by atoms with E-state index in [1.54, 1.807) is 35.9 Å². The van der Waals surface area contributed by atoms with Crippen molar-refractivity contribution in [2.24, 2.45) is 7.05 Å². The Kier molecular flexibility index (Phi) is 6.68. The molecule has 4 rings (SSSR count). The van der Waals surface area contributed by atoms with E-state index in [1.165, 1.54) is 24.5 Å². The van der Waals surface area contributed by atoms with E-state index in [-0.39, 0.29) is 23.2 Å². The van der Waals surface area contributed by atoms with Crippen LogP contribution in [0, 0.1) is 10.1 Å². The van der Waals surface area contributed by atoms with Gasteiger partial charge in [0.1, 0.15) is 6.33 Å². The molecule has 2 aromatic carbocycles. The molecule has 11 heteroatoms. The summed E-state index contributed by atoms with van der Waals surface area (Å²) in [5.74, 6) is -0.798. The van der Waals surface area contributed by atoms with Crippen molar-refractivity contribution >= 4 is 35.0 Å². The van der Waals surface area contributed by atoms with Gasteiger partial charge in [0.05, 0.1) is 21.1 Å². The van der Waals surface area contributed by atoms with Crippen LogP contribution in [0.1, 0.15) is 46.4 Å². The fourth-order valence-electron chi connectivity index (χ4n) is 3.67. The van der Waals surface area contributed by atoms with Crippen molar-refractivity contribution in [1.82, 2.24) is 20.1 Å². The van der Waals surface area contributed by atoms with Crippen LogP contribution in [0.25, 0.3) is 0 Å². The Morgan fingerprint density at radius 1 is 1.15 bits per heavy atom. The average molecular weight is 467 g/mol. The number of aromatic nitrogens is 3. The van der Waals surface area contributed by atoms with E-state index < -0.39 is 10.8 Å². The second-order valence-electron chi connectivity index (χ2n) is 7.72. The molecule has 33 heavy (non-hydrogen) atoms. The van der Waals surface area contributed by atoms with Crippen molar-refractivity contribution in [2.45, 2.75) is 41.8 Å². The molecule has 1 fully saturated rings. The van der Waals surface area contributed by atoms with Gasteiger partial charge in [0, 0.05) is 24.7 Å². The third-order valence-corrected chi connectivity index (χ3v) is 6.52. The maximum atomic E-state index is 12.9. The Morgan fingerprint density at radius 2 is 1.91 bits per heavy atom. The van der Waals surface area contributed by atoms with Gasteiger partial charge in [-0.1, -0.05) is 25.0 Å². The normalized spacial score (nSPS) is 13.6. The molecule has 0 radical (unpaired) electrons. The SMILES string of the molecule is Cn1cnnc1Sc1ccc(C(=O)Nc2ccccc2C(=O)NC2CCCC2)cc1[N+](=O)[O-]. The molecule has 0 aliphatic heterocycles. The number of nitrogens with zero attached hydrogens (tertiary/aromatic N) is 4. The lowest BCUT2D eigenvalue weighted by Gasteiger charge is -2.15. The van der Waals surface area contributed by atoms with Crippen LogP contribution in [0.15, 0.2) is 58.8 Å². The molecule has 1 heterocycles. The standard InChI is InChI=1S/C22H22N6O4S/c1-27-13-23-26-22(27)33-19-11-10-14(12-18(19)28(31)32)20(29)25-17-9-5-4-8-16(17)21(30)24-15-6-2-3-7-15/h4-5,8-13,15H,2-3,6-7H2,1H3,(H,24,30)(H,25,29). The number of rotatable bonds is 7. The van der Waals surface area contributed by atoms with Crippen molar-refractivity contribution in [3.8, 4) is 0 Å². The summed E-state index contributed by atoms with van der Waals surface area (Å²) < 4.78 is 1.64.